The largest absolute Gasteiger partial charge is 0.270 e. The van der Waals surface area contributed by atoms with E-state index in [2.05, 4.69) is 15.8 Å². The zero-order chi connectivity index (χ0) is 23.4. The van der Waals surface area contributed by atoms with Gasteiger partial charge in [-0.25, -0.2) is 4.98 Å². The third kappa shape index (κ3) is 5.45. The van der Waals surface area contributed by atoms with E-state index in [-0.39, 0.29) is 0 Å². The maximum absolute atomic E-state index is 13.0. The van der Waals surface area contributed by atoms with Crippen molar-refractivity contribution in [3.05, 3.63) is 101 Å². The first-order chi connectivity index (χ1) is 15.9. The Morgan fingerprint density at radius 3 is 2.39 bits per heavy atom. The molecule has 8 heteroatoms. The molecule has 0 saturated carbocycles. The number of rotatable bonds is 5. The quantitative estimate of drug-likeness (QED) is 0.414. The summed E-state index contributed by atoms with van der Waals surface area (Å²) in [5, 5.41) is 1.27. The molecule has 0 spiro atoms. The summed E-state index contributed by atoms with van der Waals surface area (Å²) in [6.45, 7) is 0. The standard InChI is InChI=1S/C25H20ClN3O3S/c1-33(32)15-16-5-4-6-18(13-16)24(30)28-29-25(31)21-14-23(17-9-11-19(26)12-10-17)27-22-8-3-2-7-20(21)22/h2-14H,15H2,1H3,(H,28,30)(H,29,31). The van der Waals surface area contributed by atoms with E-state index in [0.29, 0.717) is 38.5 Å². The second-order valence-electron chi connectivity index (χ2n) is 7.41. The van der Waals surface area contributed by atoms with Crippen molar-refractivity contribution in [2.24, 2.45) is 0 Å². The van der Waals surface area contributed by atoms with Crippen molar-refractivity contribution in [3.63, 3.8) is 0 Å². The number of nitrogens with zero attached hydrogens (tertiary/aromatic N) is 1. The highest BCUT2D eigenvalue weighted by atomic mass is 35.5. The molecule has 1 unspecified atom stereocenters. The van der Waals surface area contributed by atoms with Gasteiger partial charge in [-0.05, 0) is 42.0 Å². The van der Waals surface area contributed by atoms with E-state index in [0.717, 1.165) is 11.1 Å². The zero-order valence-electron chi connectivity index (χ0n) is 17.7. The molecule has 4 rings (SSSR count). The Bertz CT molecular complexity index is 1370. The van der Waals surface area contributed by atoms with Gasteiger partial charge in [0.25, 0.3) is 11.8 Å². The summed E-state index contributed by atoms with van der Waals surface area (Å²) in [5.41, 5.74) is 8.54. The number of carbonyl (C=O) groups is 2. The van der Waals surface area contributed by atoms with Gasteiger partial charge in [0.2, 0.25) is 0 Å². The van der Waals surface area contributed by atoms with Crippen LogP contribution in [0.15, 0.2) is 78.9 Å². The fourth-order valence-electron chi connectivity index (χ4n) is 3.42. The number of hydrogen-bond acceptors (Lipinski definition) is 4. The van der Waals surface area contributed by atoms with Gasteiger partial charge in [0.05, 0.1) is 16.8 Å². The second kappa shape index (κ2) is 9.94. The summed E-state index contributed by atoms with van der Waals surface area (Å²) in [7, 11) is -1.02. The molecule has 166 valence electrons. The summed E-state index contributed by atoms with van der Waals surface area (Å²) in [5.74, 6) is -0.587. The lowest BCUT2D eigenvalue weighted by Gasteiger charge is -2.12. The van der Waals surface area contributed by atoms with Crippen LogP contribution in [0.25, 0.3) is 22.2 Å². The van der Waals surface area contributed by atoms with Gasteiger partial charge in [0, 0.05) is 44.3 Å². The number of hydrazine groups is 1. The molecule has 1 heterocycles. The molecule has 2 amide bonds. The normalized spacial score (nSPS) is 11.7. The van der Waals surface area contributed by atoms with Gasteiger partial charge >= 0.3 is 0 Å². The lowest BCUT2D eigenvalue weighted by molar-refractivity contribution is 0.0847. The van der Waals surface area contributed by atoms with Crippen molar-refractivity contribution < 1.29 is 13.8 Å². The van der Waals surface area contributed by atoms with E-state index in [1.807, 2.05) is 30.3 Å². The van der Waals surface area contributed by atoms with Gasteiger partial charge in [-0.1, -0.05) is 54.1 Å². The fraction of sp³-hybridized carbons (Fsp3) is 0.0800. The predicted molar refractivity (Wildman–Crippen MR) is 131 cm³/mol. The summed E-state index contributed by atoms with van der Waals surface area (Å²) < 4.78 is 11.5. The monoisotopic (exact) mass is 477 g/mol. The molecule has 0 fully saturated rings. The Morgan fingerprint density at radius 1 is 0.909 bits per heavy atom. The molecule has 0 radical (unpaired) electrons. The molecule has 0 aliphatic carbocycles. The smallest absolute Gasteiger partial charge is 0.267 e. The molecular formula is C25H20ClN3O3S. The topological polar surface area (TPSA) is 88.2 Å². The average Bonchev–Trinajstić information content (AvgIpc) is 2.82. The number of amides is 2. The molecule has 0 aliphatic rings. The third-order valence-electron chi connectivity index (χ3n) is 4.95. The van der Waals surface area contributed by atoms with Gasteiger partial charge in [-0.15, -0.1) is 0 Å². The minimum Gasteiger partial charge on any atom is -0.267 e. The summed E-state index contributed by atoms with van der Waals surface area (Å²) in [6.07, 6.45) is 1.60. The number of halogens is 1. The van der Waals surface area contributed by atoms with Crippen LogP contribution in [0.1, 0.15) is 26.3 Å². The molecule has 3 aromatic carbocycles. The van der Waals surface area contributed by atoms with Crippen molar-refractivity contribution in [1.82, 2.24) is 15.8 Å². The highest BCUT2D eigenvalue weighted by Crippen LogP contribution is 2.26. The van der Waals surface area contributed by atoms with Crippen LogP contribution in [0.4, 0.5) is 0 Å². The number of nitrogens with one attached hydrogen (secondary N) is 2. The first-order valence-electron chi connectivity index (χ1n) is 10.1. The molecule has 0 aliphatic heterocycles. The summed E-state index contributed by atoms with van der Waals surface area (Å²) in [6, 6.07) is 23.0. The molecule has 1 atom stereocenters. The number of carbonyl (C=O) groups excluding carboxylic acids is 2. The molecule has 33 heavy (non-hydrogen) atoms. The van der Waals surface area contributed by atoms with E-state index >= 15 is 0 Å². The van der Waals surface area contributed by atoms with Crippen LogP contribution in [0.3, 0.4) is 0 Å². The number of fused-ring (bicyclic) bond motifs is 1. The van der Waals surface area contributed by atoms with Crippen molar-refractivity contribution >= 4 is 45.1 Å². The molecule has 2 N–H and O–H groups in total. The van der Waals surface area contributed by atoms with Gasteiger partial charge in [0.1, 0.15) is 0 Å². The molecule has 4 aromatic rings. The molecule has 0 bridgehead atoms. The van der Waals surface area contributed by atoms with Crippen molar-refractivity contribution in [2.45, 2.75) is 5.75 Å². The Labute approximate surface area is 198 Å². The van der Waals surface area contributed by atoms with Crippen LogP contribution >= 0.6 is 11.6 Å². The third-order valence-corrected chi connectivity index (χ3v) is 5.94. The molecule has 1 aromatic heterocycles. The van der Waals surface area contributed by atoms with Crippen LogP contribution in [0.2, 0.25) is 5.02 Å². The maximum atomic E-state index is 13.0. The highest BCUT2D eigenvalue weighted by molar-refractivity contribution is 7.83. The Hall–Kier alpha value is -3.55. The molecular weight excluding hydrogens is 458 g/mol. The number of hydrogen-bond donors (Lipinski definition) is 2. The van der Waals surface area contributed by atoms with Crippen LogP contribution in [-0.4, -0.2) is 27.3 Å². The van der Waals surface area contributed by atoms with E-state index < -0.39 is 22.6 Å². The Balaban J connectivity index is 1.58. The number of aromatic nitrogens is 1. The minimum atomic E-state index is -1.02. The number of pyridine rings is 1. The van der Waals surface area contributed by atoms with Crippen molar-refractivity contribution in [3.8, 4) is 11.3 Å². The SMILES string of the molecule is CS(=O)Cc1cccc(C(=O)NNC(=O)c2cc(-c3ccc(Cl)cc3)nc3ccccc23)c1. The van der Waals surface area contributed by atoms with Crippen LogP contribution in [0, 0.1) is 0 Å². The first kappa shape index (κ1) is 22.6. The van der Waals surface area contributed by atoms with E-state index in [9.17, 15) is 13.8 Å². The lowest BCUT2D eigenvalue weighted by atomic mass is 10.0. The zero-order valence-corrected chi connectivity index (χ0v) is 19.2. The molecule has 6 nitrogen and oxygen atoms in total. The van der Waals surface area contributed by atoms with Crippen molar-refractivity contribution in [1.29, 1.82) is 0 Å². The van der Waals surface area contributed by atoms with Gasteiger partial charge in [0.15, 0.2) is 0 Å². The van der Waals surface area contributed by atoms with Gasteiger partial charge in [-0.2, -0.15) is 0 Å². The Morgan fingerprint density at radius 2 is 1.64 bits per heavy atom. The van der Waals surface area contributed by atoms with Crippen molar-refractivity contribution in [2.75, 3.05) is 6.26 Å². The maximum Gasteiger partial charge on any atom is 0.270 e. The number of benzene rings is 3. The average molecular weight is 478 g/mol. The van der Waals surface area contributed by atoms with Gasteiger partial charge in [-0.3, -0.25) is 24.6 Å². The Kier molecular flexibility index (Phi) is 6.82. The predicted octanol–water partition coefficient (Wildman–Crippen LogP) is 4.51. The first-order valence-corrected chi connectivity index (χ1v) is 12.2. The fourth-order valence-corrected chi connectivity index (χ4v) is 4.20. The number of para-hydroxylation sites is 1. The van der Waals surface area contributed by atoms with Crippen LogP contribution < -0.4 is 10.9 Å². The van der Waals surface area contributed by atoms with E-state index in [1.54, 1.807) is 54.8 Å². The van der Waals surface area contributed by atoms with Gasteiger partial charge < -0.3 is 0 Å². The van der Waals surface area contributed by atoms with Crippen LogP contribution in [-0.2, 0) is 16.6 Å². The summed E-state index contributed by atoms with van der Waals surface area (Å²) >= 11 is 5.99. The summed E-state index contributed by atoms with van der Waals surface area (Å²) in [4.78, 5) is 30.3. The van der Waals surface area contributed by atoms with E-state index in [4.69, 9.17) is 11.6 Å². The van der Waals surface area contributed by atoms with Crippen LogP contribution in [0.5, 0.6) is 0 Å². The highest BCUT2D eigenvalue weighted by Gasteiger charge is 2.15. The second-order valence-corrected chi connectivity index (χ2v) is 9.28. The molecule has 0 saturated heterocycles. The minimum absolute atomic E-state index is 0.351. The lowest BCUT2D eigenvalue weighted by Crippen LogP contribution is -2.41. The van der Waals surface area contributed by atoms with E-state index in [1.165, 1.54) is 0 Å².